The number of anilines is 2. The third kappa shape index (κ3) is 3.68. The molecule has 3 rings (SSSR count). The number of nitrogens with one attached hydrogen (secondary N) is 1. The molecule has 2 aromatic rings. The molecule has 0 bridgehead atoms. The summed E-state index contributed by atoms with van der Waals surface area (Å²) in [6.45, 7) is 3.33. The lowest BCUT2D eigenvalue weighted by molar-refractivity contribution is -0.116. The van der Waals surface area contributed by atoms with Crippen LogP contribution in [0, 0.1) is 0 Å². The minimum Gasteiger partial charge on any atom is -0.493 e. The van der Waals surface area contributed by atoms with Gasteiger partial charge in [0.2, 0.25) is 5.91 Å². The van der Waals surface area contributed by atoms with Gasteiger partial charge in [0.05, 0.1) is 25.6 Å². The van der Waals surface area contributed by atoms with E-state index < -0.39 is 10.0 Å². The predicted molar refractivity (Wildman–Crippen MR) is 111 cm³/mol. The number of nitrogens with zero attached hydrogens (tertiary/aromatic N) is 1. The number of sulfonamides is 1. The normalized spacial score (nSPS) is 15.9. The summed E-state index contributed by atoms with van der Waals surface area (Å²) in [4.78, 5) is 13.7. The molecule has 1 atom stereocenters. The molecule has 1 unspecified atom stereocenters. The maximum atomic E-state index is 13.2. The van der Waals surface area contributed by atoms with Crippen molar-refractivity contribution in [3.63, 3.8) is 0 Å². The van der Waals surface area contributed by atoms with Crippen molar-refractivity contribution in [2.75, 3.05) is 23.8 Å². The molecule has 1 aliphatic heterocycles. The van der Waals surface area contributed by atoms with E-state index in [-0.39, 0.29) is 16.8 Å². The van der Waals surface area contributed by atoms with E-state index in [0.717, 1.165) is 5.56 Å². The van der Waals surface area contributed by atoms with Gasteiger partial charge in [0, 0.05) is 23.5 Å². The number of ether oxygens (including phenoxy) is 2. The highest BCUT2D eigenvalue weighted by atomic mass is 79.9. The van der Waals surface area contributed by atoms with Gasteiger partial charge in [0.1, 0.15) is 4.90 Å². The number of benzene rings is 2. The van der Waals surface area contributed by atoms with E-state index in [1.165, 1.54) is 32.1 Å². The average molecular weight is 469 g/mol. The van der Waals surface area contributed by atoms with Gasteiger partial charge < -0.3 is 14.4 Å². The van der Waals surface area contributed by atoms with Crippen LogP contribution in [0.15, 0.2) is 39.7 Å². The molecule has 0 saturated carbocycles. The van der Waals surface area contributed by atoms with Crippen LogP contribution in [0.1, 0.15) is 19.4 Å². The van der Waals surface area contributed by atoms with Crippen LogP contribution in [-0.2, 0) is 21.2 Å². The molecular weight excluding hydrogens is 448 g/mol. The van der Waals surface area contributed by atoms with E-state index in [1.807, 2.05) is 13.0 Å². The largest absolute Gasteiger partial charge is 0.493 e. The Morgan fingerprint density at radius 3 is 2.46 bits per heavy atom. The summed E-state index contributed by atoms with van der Waals surface area (Å²) < 4.78 is 40.0. The van der Waals surface area contributed by atoms with Crippen molar-refractivity contribution < 1.29 is 22.7 Å². The zero-order valence-corrected chi connectivity index (χ0v) is 18.3. The number of methoxy groups -OCH3 is 2. The predicted octanol–water partition coefficient (Wildman–Crippen LogP) is 3.56. The van der Waals surface area contributed by atoms with Gasteiger partial charge in [0.15, 0.2) is 11.5 Å². The third-order valence-corrected chi connectivity index (χ3v) is 6.43. The lowest BCUT2D eigenvalue weighted by atomic mass is 10.1. The second-order valence-corrected chi connectivity index (χ2v) is 9.10. The van der Waals surface area contributed by atoms with E-state index >= 15 is 0 Å². The molecule has 0 radical (unpaired) electrons. The topological polar surface area (TPSA) is 84.9 Å². The smallest absolute Gasteiger partial charge is 0.264 e. The van der Waals surface area contributed by atoms with Crippen molar-refractivity contribution in [3.8, 4) is 11.5 Å². The van der Waals surface area contributed by atoms with Crippen LogP contribution in [0.3, 0.4) is 0 Å². The van der Waals surface area contributed by atoms with E-state index in [4.69, 9.17) is 9.47 Å². The Balaban J connectivity index is 2.08. The number of hydrogen-bond acceptors (Lipinski definition) is 5. The molecule has 0 aliphatic carbocycles. The maximum Gasteiger partial charge on any atom is 0.264 e. The van der Waals surface area contributed by atoms with Crippen molar-refractivity contribution in [2.45, 2.75) is 31.2 Å². The Morgan fingerprint density at radius 2 is 1.86 bits per heavy atom. The van der Waals surface area contributed by atoms with Crippen LogP contribution >= 0.6 is 15.9 Å². The van der Waals surface area contributed by atoms with Crippen molar-refractivity contribution in [1.82, 2.24) is 0 Å². The molecule has 2 aromatic carbocycles. The highest BCUT2D eigenvalue weighted by Crippen LogP contribution is 2.41. The number of amides is 1. The second kappa shape index (κ2) is 7.63. The highest BCUT2D eigenvalue weighted by molar-refractivity contribution is 9.10. The summed E-state index contributed by atoms with van der Waals surface area (Å²) in [7, 11) is -0.986. The van der Waals surface area contributed by atoms with E-state index in [0.29, 0.717) is 33.8 Å². The first-order valence-corrected chi connectivity index (χ1v) is 10.8. The summed E-state index contributed by atoms with van der Waals surface area (Å²) in [6, 6.07) is 7.99. The molecule has 9 heteroatoms. The van der Waals surface area contributed by atoms with Crippen LogP contribution in [0.25, 0.3) is 0 Å². The van der Waals surface area contributed by atoms with Gasteiger partial charge in [0.25, 0.3) is 10.0 Å². The fraction of sp³-hybridized carbons (Fsp3) is 0.316. The summed E-state index contributed by atoms with van der Waals surface area (Å²) in [5.74, 6) is 0.697. The second-order valence-electron chi connectivity index (χ2n) is 6.53. The minimum absolute atomic E-state index is 0.0474. The Labute approximate surface area is 172 Å². The van der Waals surface area contributed by atoms with Gasteiger partial charge in [-0.1, -0.05) is 15.9 Å². The number of carbonyl (C=O) groups is 1. The van der Waals surface area contributed by atoms with Gasteiger partial charge in [-0.25, -0.2) is 8.42 Å². The molecular formula is C19H21BrN2O5S. The molecule has 28 heavy (non-hydrogen) atoms. The monoisotopic (exact) mass is 468 g/mol. The zero-order valence-electron chi connectivity index (χ0n) is 15.9. The molecule has 0 spiro atoms. The number of carbonyl (C=O) groups excluding carboxylic acids is 1. The van der Waals surface area contributed by atoms with Gasteiger partial charge in [-0.2, -0.15) is 0 Å². The first-order chi connectivity index (χ1) is 13.2. The van der Waals surface area contributed by atoms with Crippen molar-refractivity contribution in [3.05, 3.63) is 40.4 Å². The molecule has 1 heterocycles. The Hall–Kier alpha value is -2.26. The first kappa shape index (κ1) is 20.5. The van der Waals surface area contributed by atoms with Crippen molar-refractivity contribution in [1.29, 1.82) is 0 Å². The summed E-state index contributed by atoms with van der Waals surface area (Å²) in [6.07, 6.45) is 0.591. The number of fused-ring (bicyclic) bond motifs is 1. The molecule has 1 aliphatic rings. The van der Waals surface area contributed by atoms with Gasteiger partial charge in [-0.05, 0) is 43.2 Å². The maximum absolute atomic E-state index is 13.2. The van der Waals surface area contributed by atoms with Gasteiger partial charge in [-0.15, -0.1) is 0 Å². The highest BCUT2D eigenvalue weighted by Gasteiger charge is 2.35. The van der Waals surface area contributed by atoms with Crippen LogP contribution in [0.4, 0.5) is 11.4 Å². The number of halogens is 1. The Morgan fingerprint density at radius 1 is 1.18 bits per heavy atom. The molecule has 7 nitrogen and oxygen atoms in total. The van der Waals surface area contributed by atoms with E-state index in [9.17, 15) is 13.2 Å². The minimum atomic E-state index is -3.97. The van der Waals surface area contributed by atoms with E-state index in [1.54, 1.807) is 18.2 Å². The Kier molecular flexibility index (Phi) is 5.58. The van der Waals surface area contributed by atoms with Gasteiger partial charge in [-0.3, -0.25) is 9.52 Å². The Bertz CT molecular complexity index is 1040. The summed E-state index contributed by atoms with van der Waals surface area (Å²) >= 11 is 3.38. The average Bonchev–Trinajstić information content (AvgIpc) is 2.95. The fourth-order valence-electron chi connectivity index (χ4n) is 3.47. The summed E-state index contributed by atoms with van der Waals surface area (Å²) in [5.41, 5.74) is 1.56. The van der Waals surface area contributed by atoms with Crippen LogP contribution in [0.2, 0.25) is 0 Å². The molecule has 1 amide bonds. The van der Waals surface area contributed by atoms with E-state index in [2.05, 4.69) is 20.7 Å². The van der Waals surface area contributed by atoms with Crippen molar-refractivity contribution >= 4 is 43.2 Å². The van der Waals surface area contributed by atoms with Crippen molar-refractivity contribution in [2.24, 2.45) is 0 Å². The molecule has 0 saturated heterocycles. The number of rotatable bonds is 5. The SMILES string of the molecule is COc1ccc(NS(=O)(=O)c2cc(Br)cc3c2N(C(C)=O)C(C)C3)cc1OC. The summed E-state index contributed by atoms with van der Waals surface area (Å²) in [5, 5.41) is 0. The zero-order chi connectivity index (χ0) is 20.6. The fourth-order valence-corrected chi connectivity index (χ4v) is 5.44. The first-order valence-electron chi connectivity index (χ1n) is 8.55. The van der Waals surface area contributed by atoms with Crippen LogP contribution in [0.5, 0.6) is 11.5 Å². The lowest BCUT2D eigenvalue weighted by Gasteiger charge is -2.23. The number of hydrogen-bond donors (Lipinski definition) is 1. The van der Waals surface area contributed by atoms with Gasteiger partial charge >= 0.3 is 0 Å². The lowest BCUT2D eigenvalue weighted by Crippen LogP contribution is -2.34. The molecule has 150 valence electrons. The molecule has 0 aromatic heterocycles. The van der Waals surface area contributed by atoms with Crippen LogP contribution < -0.4 is 19.1 Å². The van der Waals surface area contributed by atoms with Crippen LogP contribution in [-0.4, -0.2) is 34.6 Å². The molecule has 0 fully saturated rings. The quantitative estimate of drug-likeness (QED) is 0.724. The standard InChI is InChI=1S/C19H21BrN2O5S/c1-11-7-13-8-14(20)9-18(19(13)22(11)12(2)23)28(24,25)21-15-5-6-16(26-3)17(10-15)27-4/h5-6,8-11,21H,7H2,1-4H3. The third-order valence-electron chi connectivity index (χ3n) is 4.58. The molecule has 1 N–H and O–H groups in total.